The van der Waals surface area contributed by atoms with E-state index in [9.17, 15) is 0 Å². The van der Waals surface area contributed by atoms with Gasteiger partial charge >= 0.3 is 0 Å². The monoisotopic (exact) mass is 481 g/mol. The van der Waals surface area contributed by atoms with Crippen LogP contribution in [0.5, 0.6) is 0 Å². The minimum absolute atomic E-state index is 0.660. The second-order valence-corrected chi connectivity index (χ2v) is 9.69. The number of fused-ring (bicyclic) bond motifs is 1. The summed E-state index contributed by atoms with van der Waals surface area (Å²) < 4.78 is 1.85. The van der Waals surface area contributed by atoms with Gasteiger partial charge in [0, 0.05) is 45.5 Å². The zero-order valence-electron chi connectivity index (χ0n) is 20.3. The minimum atomic E-state index is 0.660. The molecule has 8 heteroatoms. The first-order valence-electron chi connectivity index (χ1n) is 11.4. The summed E-state index contributed by atoms with van der Waals surface area (Å²) in [5.41, 5.74) is 7.80. The molecule has 0 saturated heterocycles. The van der Waals surface area contributed by atoms with Crippen molar-refractivity contribution in [2.75, 3.05) is 0 Å². The molecule has 5 heterocycles. The van der Waals surface area contributed by atoms with E-state index in [1.165, 1.54) is 0 Å². The van der Waals surface area contributed by atoms with Gasteiger partial charge < -0.3 is 4.98 Å². The molecule has 0 radical (unpaired) electrons. The van der Waals surface area contributed by atoms with Crippen molar-refractivity contribution in [2.45, 2.75) is 27.2 Å². The highest BCUT2D eigenvalue weighted by Crippen LogP contribution is 2.34. The largest absolute Gasteiger partial charge is 0.335 e. The maximum absolute atomic E-state index is 4.88. The summed E-state index contributed by atoms with van der Waals surface area (Å²) in [6.45, 7) is 14.5. The lowest BCUT2D eigenvalue weighted by atomic mass is 10.1. The Bertz CT molecular complexity index is 1710. The van der Waals surface area contributed by atoms with Crippen molar-refractivity contribution in [1.82, 2.24) is 34.9 Å². The molecule has 176 valence electrons. The third-order valence-corrected chi connectivity index (χ3v) is 7.26. The molecule has 0 amide bonds. The maximum Gasteiger partial charge on any atom is 0.159 e. The number of rotatable bonds is 6. The van der Waals surface area contributed by atoms with Crippen molar-refractivity contribution in [1.29, 1.82) is 0 Å². The Hall–Kier alpha value is -4.04. The number of aromatic nitrogens is 7. The third kappa shape index (κ3) is 4.17. The molecule has 5 aromatic heterocycles. The molecule has 0 atom stereocenters. The number of H-pyrrole nitrogens is 2. The average Bonchev–Trinajstić information content (AvgIpc) is 3.62. The number of pyridine rings is 1. The zero-order chi connectivity index (χ0) is 24.7. The van der Waals surface area contributed by atoms with E-state index < -0.39 is 0 Å². The number of thiophene rings is 1. The van der Waals surface area contributed by atoms with Gasteiger partial charge in [0.05, 0.1) is 22.8 Å². The molecule has 0 aliphatic carbocycles. The lowest BCUT2D eigenvalue weighted by molar-refractivity contribution is 0.746. The van der Waals surface area contributed by atoms with E-state index in [0.29, 0.717) is 11.5 Å². The smallest absolute Gasteiger partial charge is 0.159 e. The van der Waals surface area contributed by atoms with Gasteiger partial charge in [-0.3, -0.25) is 14.8 Å². The molecule has 0 fully saturated rings. The van der Waals surface area contributed by atoms with E-state index >= 15 is 0 Å². The van der Waals surface area contributed by atoms with Crippen LogP contribution < -0.4 is 10.6 Å². The second-order valence-electron chi connectivity index (χ2n) is 8.61. The van der Waals surface area contributed by atoms with Crippen molar-refractivity contribution in [2.24, 2.45) is 7.05 Å². The van der Waals surface area contributed by atoms with E-state index in [1.54, 1.807) is 17.5 Å². The summed E-state index contributed by atoms with van der Waals surface area (Å²) in [6.07, 6.45) is 10.6. The van der Waals surface area contributed by atoms with E-state index in [-0.39, 0.29) is 0 Å². The molecule has 5 rings (SSSR count). The maximum atomic E-state index is 4.88. The molecule has 7 nitrogen and oxygen atoms in total. The first kappa shape index (κ1) is 22.7. The van der Waals surface area contributed by atoms with Crippen LogP contribution >= 0.6 is 11.3 Å². The molecule has 0 aliphatic heterocycles. The molecule has 0 bridgehead atoms. The highest BCUT2D eigenvalue weighted by Gasteiger charge is 2.15. The number of hydrogen-bond donors (Lipinski definition) is 2. The van der Waals surface area contributed by atoms with Crippen LogP contribution in [0.15, 0.2) is 43.4 Å². The number of allylic oxidation sites excluding steroid dienone is 3. The first-order valence-corrected chi connectivity index (χ1v) is 12.2. The molecule has 0 aliphatic rings. The number of nitrogens with zero attached hydrogens (tertiary/aromatic N) is 5. The van der Waals surface area contributed by atoms with Gasteiger partial charge in [0.25, 0.3) is 0 Å². The molecular formula is C27H27N7S. The van der Waals surface area contributed by atoms with Crippen LogP contribution in [0.25, 0.3) is 56.8 Å². The first-order chi connectivity index (χ1) is 16.9. The zero-order valence-corrected chi connectivity index (χ0v) is 21.1. The predicted molar refractivity (Wildman–Crippen MR) is 145 cm³/mol. The van der Waals surface area contributed by atoms with Gasteiger partial charge in [-0.05, 0) is 49.6 Å². The van der Waals surface area contributed by atoms with Crippen molar-refractivity contribution in [3.8, 4) is 22.0 Å². The SMILES string of the molecule is C=C(C)c1ccc(-c2cncc3[nH]c(-c4n[nH]/c(=C/C=C(\C)c5cn(C)nc5CC)c4=C)nc23)s1. The Morgan fingerprint density at radius 3 is 2.80 bits per heavy atom. The molecule has 35 heavy (non-hydrogen) atoms. The number of aromatic amines is 2. The van der Waals surface area contributed by atoms with Crippen LogP contribution in [0.2, 0.25) is 0 Å². The van der Waals surface area contributed by atoms with E-state index in [1.807, 2.05) is 30.9 Å². The Morgan fingerprint density at radius 2 is 2.06 bits per heavy atom. The summed E-state index contributed by atoms with van der Waals surface area (Å²) in [4.78, 5) is 14.9. The van der Waals surface area contributed by atoms with Gasteiger partial charge in [0.1, 0.15) is 11.2 Å². The van der Waals surface area contributed by atoms with Crippen LogP contribution in [-0.4, -0.2) is 34.9 Å². The average molecular weight is 482 g/mol. The van der Waals surface area contributed by atoms with Crippen LogP contribution in [0, 0.1) is 0 Å². The molecule has 2 N–H and O–H groups in total. The summed E-state index contributed by atoms with van der Waals surface area (Å²) in [7, 11) is 1.95. The lowest BCUT2D eigenvalue weighted by Gasteiger charge is -1.98. The lowest BCUT2D eigenvalue weighted by Crippen LogP contribution is -2.21. The highest BCUT2D eigenvalue weighted by molar-refractivity contribution is 7.16. The molecule has 0 aromatic carbocycles. The van der Waals surface area contributed by atoms with Gasteiger partial charge in [-0.2, -0.15) is 10.2 Å². The van der Waals surface area contributed by atoms with Gasteiger partial charge in [-0.1, -0.05) is 26.2 Å². The summed E-state index contributed by atoms with van der Waals surface area (Å²) in [6, 6.07) is 4.18. The quantitative estimate of drug-likeness (QED) is 0.368. The second kappa shape index (κ2) is 8.96. The van der Waals surface area contributed by atoms with E-state index in [0.717, 1.165) is 65.7 Å². The Kier molecular flexibility index (Phi) is 5.82. The summed E-state index contributed by atoms with van der Waals surface area (Å²) in [5, 5.41) is 13.8. The van der Waals surface area contributed by atoms with Crippen LogP contribution in [0.3, 0.4) is 0 Å². The van der Waals surface area contributed by atoms with Gasteiger partial charge in [-0.25, -0.2) is 4.98 Å². The van der Waals surface area contributed by atoms with Crippen LogP contribution in [0.1, 0.15) is 36.9 Å². The summed E-state index contributed by atoms with van der Waals surface area (Å²) in [5.74, 6) is 0.660. The molecule has 0 saturated carbocycles. The van der Waals surface area contributed by atoms with Gasteiger partial charge in [0.2, 0.25) is 0 Å². The van der Waals surface area contributed by atoms with Gasteiger partial charge in [0.15, 0.2) is 5.82 Å². The van der Waals surface area contributed by atoms with E-state index in [2.05, 4.69) is 76.7 Å². The van der Waals surface area contributed by atoms with Crippen molar-refractivity contribution < 1.29 is 0 Å². The third-order valence-electron chi connectivity index (χ3n) is 5.97. The fraction of sp³-hybridized carbons (Fsp3) is 0.185. The summed E-state index contributed by atoms with van der Waals surface area (Å²) >= 11 is 1.69. The minimum Gasteiger partial charge on any atom is -0.335 e. The van der Waals surface area contributed by atoms with Crippen LogP contribution in [-0.2, 0) is 13.5 Å². The normalized spacial score (nSPS) is 12.7. The fourth-order valence-corrected chi connectivity index (χ4v) is 5.02. The number of aryl methyl sites for hydroxylation is 2. The standard InChI is InChI=1S/C27H27N7S/c1-7-20-19(14-34(6)33-20)16(4)8-9-21-17(5)25(32-31-21)27-29-22-13-28-12-18(26(22)30-27)24-11-10-23(35-24)15(2)3/h8-14,31H,2,5,7H2,1,3-4,6H3,(H,29,30)/b16-8+,21-9+. The Labute approximate surface area is 207 Å². The fourth-order valence-electron chi connectivity index (χ4n) is 4.07. The van der Waals surface area contributed by atoms with E-state index in [4.69, 9.17) is 4.98 Å². The van der Waals surface area contributed by atoms with Crippen molar-refractivity contribution >= 4 is 46.2 Å². The molecule has 5 aromatic rings. The molecular weight excluding hydrogens is 454 g/mol. The Morgan fingerprint density at radius 1 is 1.23 bits per heavy atom. The van der Waals surface area contributed by atoms with Crippen LogP contribution in [0.4, 0.5) is 0 Å². The Balaban J connectivity index is 1.52. The molecule has 0 spiro atoms. The predicted octanol–water partition coefficient (Wildman–Crippen LogP) is 4.70. The van der Waals surface area contributed by atoms with Gasteiger partial charge in [-0.15, -0.1) is 11.3 Å². The topological polar surface area (TPSA) is 88.1 Å². The highest BCUT2D eigenvalue weighted by atomic mass is 32.1. The number of hydrogen-bond acceptors (Lipinski definition) is 5. The van der Waals surface area contributed by atoms with Crippen molar-refractivity contribution in [3.63, 3.8) is 0 Å². The number of imidazole rings is 1. The number of nitrogens with one attached hydrogen (secondary N) is 2. The molecule has 0 unspecified atom stereocenters. The van der Waals surface area contributed by atoms with Crippen molar-refractivity contribution in [3.05, 3.63) is 70.1 Å².